The van der Waals surface area contributed by atoms with Crippen LogP contribution in [0.4, 0.5) is 11.6 Å². The first-order valence-electron chi connectivity index (χ1n) is 6.84. The van der Waals surface area contributed by atoms with Crippen LogP contribution in [-0.4, -0.2) is 51.3 Å². The summed E-state index contributed by atoms with van der Waals surface area (Å²) in [5.74, 6) is 1.44. The monoisotopic (exact) mass is 300 g/mol. The van der Waals surface area contributed by atoms with E-state index in [0.29, 0.717) is 17.6 Å². The van der Waals surface area contributed by atoms with Crippen molar-refractivity contribution in [1.29, 1.82) is 0 Å². The highest BCUT2D eigenvalue weighted by molar-refractivity contribution is 7.91. The summed E-state index contributed by atoms with van der Waals surface area (Å²) in [6.07, 6.45) is 3.16. The lowest BCUT2D eigenvalue weighted by atomic mass is 9.95. The number of fused-ring (bicyclic) bond motifs is 1. The summed E-state index contributed by atoms with van der Waals surface area (Å²) in [5, 5.41) is 10.5. The molecule has 7 nitrogen and oxygen atoms in total. The maximum atomic E-state index is 12.0. The first kappa shape index (κ1) is 13.7. The third kappa shape index (κ3) is 2.16. The lowest BCUT2D eigenvalue weighted by Gasteiger charge is -2.29. The van der Waals surface area contributed by atoms with Gasteiger partial charge in [-0.1, -0.05) is 0 Å². The van der Waals surface area contributed by atoms with Gasteiger partial charge in [0.15, 0.2) is 20.6 Å². The number of ether oxygens (including phenoxy) is 1. The van der Waals surface area contributed by atoms with Gasteiger partial charge in [0.05, 0.1) is 12.6 Å². The minimum atomic E-state index is -3.33. The SMILES string of the molecule is CNc1nn2c(c1S(C)(=O)=O)NCCC2C1CCOC1. The molecule has 3 rings (SSSR count). The molecule has 1 fully saturated rings. The molecule has 2 N–H and O–H groups in total. The molecule has 2 aliphatic rings. The molecule has 0 spiro atoms. The zero-order valence-corrected chi connectivity index (χ0v) is 12.5. The fraction of sp³-hybridized carbons (Fsp3) is 0.750. The molecule has 8 heteroatoms. The number of nitrogens with one attached hydrogen (secondary N) is 2. The first-order chi connectivity index (χ1) is 9.52. The normalized spacial score (nSPS) is 26.1. The van der Waals surface area contributed by atoms with Crippen LogP contribution in [-0.2, 0) is 14.6 Å². The number of sulfone groups is 1. The fourth-order valence-electron chi connectivity index (χ4n) is 3.09. The molecule has 112 valence electrons. The van der Waals surface area contributed by atoms with E-state index in [1.54, 1.807) is 7.05 Å². The number of rotatable bonds is 3. The van der Waals surface area contributed by atoms with Crippen LogP contribution in [0.5, 0.6) is 0 Å². The highest BCUT2D eigenvalue weighted by Gasteiger charge is 2.35. The van der Waals surface area contributed by atoms with Crippen LogP contribution in [0.3, 0.4) is 0 Å². The fourth-order valence-corrected chi connectivity index (χ4v) is 4.10. The van der Waals surface area contributed by atoms with Gasteiger partial charge in [0.1, 0.15) is 5.82 Å². The van der Waals surface area contributed by atoms with Gasteiger partial charge >= 0.3 is 0 Å². The Morgan fingerprint density at radius 1 is 1.45 bits per heavy atom. The van der Waals surface area contributed by atoms with Crippen LogP contribution in [0.15, 0.2) is 4.90 Å². The van der Waals surface area contributed by atoms with Gasteiger partial charge in [0.2, 0.25) is 0 Å². The summed E-state index contributed by atoms with van der Waals surface area (Å²) >= 11 is 0. The van der Waals surface area contributed by atoms with E-state index in [2.05, 4.69) is 15.7 Å². The summed E-state index contributed by atoms with van der Waals surface area (Å²) in [6.45, 7) is 2.27. The van der Waals surface area contributed by atoms with Crippen molar-refractivity contribution in [2.75, 3.05) is 43.7 Å². The zero-order chi connectivity index (χ0) is 14.3. The average Bonchev–Trinajstić information content (AvgIpc) is 3.03. The van der Waals surface area contributed by atoms with Crippen LogP contribution >= 0.6 is 0 Å². The van der Waals surface area contributed by atoms with Crippen LogP contribution in [0.1, 0.15) is 18.9 Å². The van der Waals surface area contributed by atoms with Crippen LogP contribution in [0, 0.1) is 5.92 Å². The Morgan fingerprint density at radius 2 is 2.25 bits per heavy atom. The van der Waals surface area contributed by atoms with Gasteiger partial charge in [0.25, 0.3) is 0 Å². The standard InChI is InChI=1S/C12H20N4O3S/c1-13-11-10(20(2,17)18)12-14-5-3-9(16(12)15-11)8-4-6-19-7-8/h8-9,14H,3-7H2,1-2H3,(H,13,15). The van der Waals surface area contributed by atoms with E-state index in [4.69, 9.17) is 4.74 Å². The molecular weight excluding hydrogens is 280 g/mol. The highest BCUT2D eigenvalue weighted by atomic mass is 32.2. The number of aromatic nitrogens is 2. The van der Waals surface area contributed by atoms with Crippen molar-refractivity contribution in [2.45, 2.75) is 23.8 Å². The van der Waals surface area contributed by atoms with Crippen LogP contribution in [0.2, 0.25) is 0 Å². The number of nitrogens with zero attached hydrogens (tertiary/aromatic N) is 2. The van der Waals surface area contributed by atoms with Crippen molar-refractivity contribution < 1.29 is 13.2 Å². The predicted octanol–water partition coefficient (Wildman–Crippen LogP) is 0.721. The number of anilines is 2. The molecule has 1 aromatic rings. The van der Waals surface area contributed by atoms with E-state index in [1.807, 2.05) is 4.68 Å². The first-order valence-corrected chi connectivity index (χ1v) is 8.73. The van der Waals surface area contributed by atoms with Gasteiger partial charge in [-0.05, 0) is 12.8 Å². The van der Waals surface area contributed by atoms with Crippen molar-refractivity contribution >= 4 is 21.5 Å². The van der Waals surface area contributed by atoms with Gasteiger partial charge in [0, 0.05) is 32.4 Å². The van der Waals surface area contributed by atoms with Gasteiger partial charge in [-0.2, -0.15) is 5.10 Å². The third-order valence-electron chi connectivity index (χ3n) is 4.03. The summed E-state index contributed by atoms with van der Waals surface area (Å²) in [7, 11) is -1.64. The quantitative estimate of drug-likeness (QED) is 0.855. The Kier molecular flexibility index (Phi) is 3.37. The molecule has 1 aromatic heterocycles. The van der Waals surface area contributed by atoms with Gasteiger partial charge < -0.3 is 15.4 Å². The molecule has 0 aromatic carbocycles. The van der Waals surface area contributed by atoms with E-state index in [-0.39, 0.29) is 10.9 Å². The van der Waals surface area contributed by atoms with Crippen molar-refractivity contribution in [2.24, 2.45) is 5.92 Å². The smallest absolute Gasteiger partial charge is 0.182 e. The molecule has 2 atom stereocenters. The second-order valence-electron chi connectivity index (χ2n) is 5.40. The van der Waals surface area contributed by atoms with Crippen molar-refractivity contribution in [3.8, 4) is 0 Å². The Hall–Kier alpha value is -1.28. The van der Waals surface area contributed by atoms with E-state index in [1.165, 1.54) is 6.26 Å². The second-order valence-corrected chi connectivity index (χ2v) is 7.35. The van der Waals surface area contributed by atoms with E-state index in [9.17, 15) is 8.42 Å². The number of hydrogen-bond acceptors (Lipinski definition) is 6. The lowest BCUT2D eigenvalue weighted by Crippen LogP contribution is -2.29. The molecular formula is C12H20N4O3S. The lowest BCUT2D eigenvalue weighted by molar-refractivity contribution is 0.167. The van der Waals surface area contributed by atoms with E-state index in [0.717, 1.165) is 32.6 Å². The Labute approximate surface area is 118 Å². The highest BCUT2D eigenvalue weighted by Crippen LogP contribution is 2.39. The molecule has 2 unspecified atom stereocenters. The molecule has 0 amide bonds. The minimum absolute atomic E-state index is 0.205. The van der Waals surface area contributed by atoms with Crippen LogP contribution in [0.25, 0.3) is 0 Å². The molecule has 0 radical (unpaired) electrons. The van der Waals surface area contributed by atoms with Gasteiger partial charge in [-0.3, -0.25) is 0 Å². The molecule has 20 heavy (non-hydrogen) atoms. The Balaban J connectivity index is 2.08. The molecule has 0 bridgehead atoms. The van der Waals surface area contributed by atoms with E-state index >= 15 is 0 Å². The van der Waals surface area contributed by atoms with Crippen molar-refractivity contribution in [1.82, 2.24) is 9.78 Å². The molecule has 2 aliphatic heterocycles. The number of hydrogen-bond donors (Lipinski definition) is 2. The molecule has 3 heterocycles. The summed E-state index contributed by atoms with van der Waals surface area (Å²) in [4.78, 5) is 0.267. The zero-order valence-electron chi connectivity index (χ0n) is 11.7. The average molecular weight is 300 g/mol. The third-order valence-corrected chi connectivity index (χ3v) is 5.16. The Morgan fingerprint density at radius 3 is 2.85 bits per heavy atom. The van der Waals surface area contributed by atoms with Crippen LogP contribution < -0.4 is 10.6 Å². The topological polar surface area (TPSA) is 85.2 Å². The summed E-state index contributed by atoms with van der Waals surface area (Å²) in [5.41, 5.74) is 0. The van der Waals surface area contributed by atoms with Crippen molar-refractivity contribution in [3.05, 3.63) is 0 Å². The molecule has 1 saturated heterocycles. The minimum Gasteiger partial charge on any atom is -0.381 e. The van der Waals surface area contributed by atoms with Crippen molar-refractivity contribution in [3.63, 3.8) is 0 Å². The second kappa shape index (κ2) is 4.92. The van der Waals surface area contributed by atoms with E-state index < -0.39 is 9.84 Å². The Bertz CT molecular complexity index is 604. The maximum Gasteiger partial charge on any atom is 0.182 e. The van der Waals surface area contributed by atoms with Gasteiger partial charge in [-0.15, -0.1) is 0 Å². The van der Waals surface area contributed by atoms with Gasteiger partial charge in [-0.25, -0.2) is 13.1 Å². The predicted molar refractivity (Wildman–Crippen MR) is 76.0 cm³/mol. The summed E-state index contributed by atoms with van der Waals surface area (Å²) < 4.78 is 31.3. The largest absolute Gasteiger partial charge is 0.381 e. The summed E-state index contributed by atoms with van der Waals surface area (Å²) in [6, 6.07) is 0.205. The molecule has 0 aliphatic carbocycles. The molecule has 0 saturated carbocycles. The maximum absolute atomic E-state index is 12.0.